The number of carbonyl (C=O) groups is 1. The van der Waals surface area contributed by atoms with Crippen molar-refractivity contribution in [1.29, 1.82) is 0 Å². The molecule has 0 radical (unpaired) electrons. The van der Waals surface area contributed by atoms with E-state index in [1.165, 1.54) is 36.1 Å². The number of amides is 2. The Morgan fingerprint density at radius 1 is 0.953 bits per heavy atom. The SMILES string of the molecule is Cn1cc2ncnc(Cl)c2n1.Cn1cc2ncnc(NCCc3cnc(NC(=O)Nc4cccc(C(F)(F)F)c4)s3)c2n1. The highest BCUT2D eigenvalue weighted by Crippen LogP contribution is 2.30. The Bertz CT molecular complexity index is 1890. The second kappa shape index (κ2) is 12.5. The predicted octanol–water partition coefficient (Wildman–Crippen LogP) is 5.15. The summed E-state index contributed by atoms with van der Waals surface area (Å²) in [6.45, 7) is 0.556. The fraction of sp³-hybridized carbons (Fsp3) is 0.200. The molecule has 0 bridgehead atoms. The van der Waals surface area contributed by atoms with Crippen molar-refractivity contribution in [1.82, 2.24) is 44.5 Å². The molecule has 3 N–H and O–H groups in total. The van der Waals surface area contributed by atoms with E-state index in [1.807, 2.05) is 7.05 Å². The van der Waals surface area contributed by atoms with E-state index in [2.05, 4.69) is 51.1 Å². The number of hydrogen-bond donors (Lipinski definition) is 3. The summed E-state index contributed by atoms with van der Waals surface area (Å²) in [5.74, 6) is 0.624. The Kier molecular flexibility index (Phi) is 8.63. The average Bonchev–Trinajstić information content (AvgIpc) is 3.67. The van der Waals surface area contributed by atoms with Gasteiger partial charge in [0.15, 0.2) is 21.6 Å². The third-order valence-corrected chi connectivity index (χ3v) is 6.92. The molecule has 0 aliphatic carbocycles. The van der Waals surface area contributed by atoms with Gasteiger partial charge >= 0.3 is 12.2 Å². The minimum absolute atomic E-state index is 0.0315. The summed E-state index contributed by atoms with van der Waals surface area (Å²) in [6, 6.07) is 3.72. The lowest BCUT2D eigenvalue weighted by molar-refractivity contribution is -0.137. The van der Waals surface area contributed by atoms with E-state index in [9.17, 15) is 18.0 Å². The average molecular weight is 631 g/mol. The highest BCUT2D eigenvalue weighted by Gasteiger charge is 2.30. The fourth-order valence-corrected chi connectivity index (χ4v) is 4.80. The molecule has 6 aromatic rings. The Morgan fingerprint density at radius 2 is 1.65 bits per heavy atom. The molecule has 0 aliphatic rings. The third kappa shape index (κ3) is 7.49. The van der Waals surface area contributed by atoms with Crippen molar-refractivity contribution in [3.63, 3.8) is 0 Å². The van der Waals surface area contributed by atoms with Gasteiger partial charge in [-0.1, -0.05) is 17.7 Å². The number of nitrogens with one attached hydrogen (secondary N) is 3. The third-order valence-electron chi connectivity index (χ3n) is 5.68. The van der Waals surface area contributed by atoms with Crippen LogP contribution in [0.3, 0.4) is 0 Å². The highest BCUT2D eigenvalue weighted by atomic mass is 35.5. The topological polar surface area (TPSA) is 153 Å². The van der Waals surface area contributed by atoms with Crippen LogP contribution in [-0.2, 0) is 26.7 Å². The molecule has 5 aromatic heterocycles. The number of nitrogens with zero attached hydrogens (tertiary/aromatic N) is 9. The molecule has 0 atom stereocenters. The van der Waals surface area contributed by atoms with E-state index >= 15 is 0 Å². The van der Waals surface area contributed by atoms with Crippen LogP contribution in [0.5, 0.6) is 0 Å². The lowest BCUT2D eigenvalue weighted by Gasteiger charge is -2.09. The number of aryl methyl sites for hydroxylation is 2. The molecule has 222 valence electrons. The van der Waals surface area contributed by atoms with E-state index in [1.54, 1.807) is 35.0 Å². The maximum absolute atomic E-state index is 12.8. The standard InChI is InChI=1S/C19H17F3N8OS.C6H5ClN4/c1-30-9-14-15(29-30)16(26-10-25-14)23-6-5-13-8-24-18(32-13)28-17(31)27-12-4-2-3-11(7-12)19(20,21)22;1-11-2-4-5(10-11)6(7)9-3-8-4/h2-4,7-10H,5-6H2,1H3,(H,23,25,26)(H2,24,27,28,31);2-3H,1H3. The molecule has 18 heteroatoms. The van der Waals surface area contributed by atoms with E-state index in [0.717, 1.165) is 28.0 Å². The van der Waals surface area contributed by atoms with Crippen LogP contribution in [0.15, 0.2) is 55.5 Å². The zero-order valence-corrected chi connectivity index (χ0v) is 24.0. The molecule has 43 heavy (non-hydrogen) atoms. The number of alkyl halides is 3. The second-order valence-corrected chi connectivity index (χ2v) is 10.4. The first-order chi connectivity index (χ1) is 20.5. The fourth-order valence-electron chi connectivity index (χ4n) is 3.82. The summed E-state index contributed by atoms with van der Waals surface area (Å²) in [5, 5.41) is 17.2. The number of benzene rings is 1. The first-order valence-corrected chi connectivity index (χ1v) is 13.6. The number of urea groups is 1. The van der Waals surface area contributed by atoms with Gasteiger partial charge in [-0.05, 0) is 18.2 Å². The number of carbonyl (C=O) groups excluding carboxylic acids is 1. The van der Waals surface area contributed by atoms with Gasteiger partial charge in [-0.2, -0.15) is 23.4 Å². The molecule has 5 heterocycles. The first-order valence-electron chi connectivity index (χ1n) is 12.4. The maximum atomic E-state index is 12.8. The number of fused-ring (bicyclic) bond motifs is 2. The predicted molar refractivity (Wildman–Crippen MR) is 156 cm³/mol. The van der Waals surface area contributed by atoms with Gasteiger partial charge in [0.2, 0.25) is 0 Å². The van der Waals surface area contributed by atoms with Crippen molar-refractivity contribution in [2.24, 2.45) is 14.1 Å². The number of rotatable bonds is 6. The van der Waals surface area contributed by atoms with Crippen LogP contribution < -0.4 is 16.0 Å². The molecule has 1 aromatic carbocycles. The van der Waals surface area contributed by atoms with Gasteiger partial charge in [0.1, 0.15) is 29.2 Å². The Hall–Kier alpha value is -4.90. The summed E-state index contributed by atoms with van der Waals surface area (Å²) in [5.41, 5.74) is 2.02. The molecule has 13 nitrogen and oxygen atoms in total. The van der Waals surface area contributed by atoms with E-state index in [0.29, 0.717) is 40.1 Å². The van der Waals surface area contributed by atoms with Gasteiger partial charge < -0.3 is 10.6 Å². The van der Waals surface area contributed by atoms with Crippen LogP contribution >= 0.6 is 22.9 Å². The molecule has 0 saturated heterocycles. The summed E-state index contributed by atoms with van der Waals surface area (Å²) >= 11 is 7.01. The second-order valence-electron chi connectivity index (χ2n) is 8.93. The molecular weight excluding hydrogens is 609 g/mol. The lowest BCUT2D eigenvalue weighted by atomic mass is 10.2. The van der Waals surface area contributed by atoms with Gasteiger partial charge in [-0.25, -0.2) is 29.7 Å². The van der Waals surface area contributed by atoms with Crippen LogP contribution in [0.2, 0.25) is 5.15 Å². The van der Waals surface area contributed by atoms with Gasteiger partial charge in [-0.15, -0.1) is 11.3 Å². The molecule has 0 saturated carbocycles. The number of anilines is 3. The smallest absolute Gasteiger partial charge is 0.368 e. The summed E-state index contributed by atoms with van der Waals surface area (Å²) in [6.07, 6.45) is 4.24. The van der Waals surface area contributed by atoms with Crippen molar-refractivity contribution < 1.29 is 18.0 Å². The van der Waals surface area contributed by atoms with Gasteiger partial charge in [0, 0.05) is 43.8 Å². The van der Waals surface area contributed by atoms with Crippen molar-refractivity contribution in [2.75, 3.05) is 22.5 Å². The Morgan fingerprint density at radius 3 is 2.37 bits per heavy atom. The summed E-state index contributed by atoms with van der Waals surface area (Å²) < 4.78 is 41.7. The number of hydrogen-bond acceptors (Lipinski definition) is 10. The van der Waals surface area contributed by atoms with Gasteiger partial charge in [0.05, 0.1) is 18.0 Å². The van der Waals surface area contributed by atoms with Crippen LogP contribution in [0.1, 0.15) is 10.4 Å². The minimum Gasteiger partial charge on any atom is -0.368 e. The molecular formula is C25H22ClF3N12OS. The number of aromatic nitrogens is 9. The molecule has 0 aliphatic heterocycles. The lowest BCUT2D eigenvalue weighted by Crippen LogP contribution is -2.19. The molecule has 0 unspecified atom stereocenters. The van der Waals surface area contributed by atoms with Gasteiger partial charge in [-0.3, -0.25) is 14.7 Å². The van der Waals surface area contributed by atoms with E-state index in [-0.39, 0.29) is 5.69 Å². The van der Waals surface area contributed by atoms with E-state index < -0.39 is 17.8 Å². The van der Waals surface area contributed by atoms with E-state index in [4.69, 9.17) is 11.6 Å². The molecule has 0 fully saturated rings. The van der Waals surface area contributed by atoms with Crippen LogP contribution in [0.4, 0.5) is 34.6 Å². The number of halogens is 4. The zero-order valence-electron chi connectivity index (χ0n) is 22.5. The van der Waals surface area contributed by atoms with Crippen molar-refractivity contribution in [2.45, 2.75) is 12.6 Å². The Balaban J connectivity index is 0.000000279. The molecule has 0 spiro atoms. The molecule has 6 rings (SSSR count). The molecule has 2 amide bonds. The van der Waals surface area contributed by atoms with Crippen molar-refractivity contribution in [3.05, 3.63) is 71.1 Å². The van der Waals surface area contributed by atoms with Crippen LogP contribution in [0, 0.1) is 0 Å². The van der Waals surface area contributed by atoms with Crippen molar-refractivity contribution >= 4 is 67.7 Å². The maximum Gasteiger partial charge on any atom is 0.416 e. The van der Waals surface area contributed by atoms with Gasteiger partial charge in [0.25, 0.3) is 0 Å². The monoisotopic (exact) mass is 630 g/mol. The largest absolute Gasteiger partial charge is 0.416 e. The highest BCUT2D eigenvalue weighted by molar-refractivity contribution is 7.15. The summed E-state index contributed by atoms with van der Waals surface area (Å²) in [7, 11) is 3.62. The minimum atomic E-state index is -4.49. The summed E-state index contributed by atoms with van der Waals surface area (Å²) in [4.78, 5) is 33.3. The number of thiazole rings is 1. The van der Waals surface area contributed by atoms with Crippen LogP contribution in [0.25, 0.3) is 22.1 Å². The first kappa shape index (κ1) is 29.6. The Labute approximate surface area is 250 Å². The van der Waals surface area contributed by atoms with Crippen LogP contribution in [-0.4, -0.2) is 57.1 Å². The zero-order chi connectivity index (χ0) is 30.6. The quantitative estimate of drug-likeness (QED) is 0.212. The normalized spacial score (nSPS) is 11.3. The van der Waals surface area contributed by atoms with Crippen molar-refractivity contribution in [3.8, 4) is 0 Å².